The molecule has 30 heavy (non-hydrogen) atoms. The molecule has 160 valence electrons. The number of rotatable bonds is 7. The lowest BCUT2D eigenvalue weighted by molar-refractivity contribution is -0.384. The van der Waals surface area contributed by atoms with Crippen molar-refractivity contribution >= 4 is 38.9 Å². The summed E-state index contributed by atoms with van der Waals surface area (Å²) in [5.41, 5.74) is 0.814. The number of nitro groups is 1. The van der Waals surface area contributed by atoms with Crippen molar-refractivity contribution in [2.24, 2.45) is 0 Å². The highest BCUT2D eigenvalue weighted by Crippen LogP contribution is 2.30. The van der Waals surface area contributed by atoms with E-state index in [9.17, 15) is 23.3 Å². The Bertz CT molecular complexity index is 1080. The van der Waals surface area contributed by atoms with Gasteiger partial charge in [-0.1, -0.05) is 17.7 Å². The first-order valence-electron chi connectivity index (χ1n) is 9.16. The van der Waals surface area contributed by atoms with Gasteiger partial charge in [0.1, 0.15) is 5.75 Å². The molecule has 9 nitrogen and oxygen atoms in total. The van der Waals surface area contributed by atoms with Crippen LogP contribution in [-0.2, 0) is 14.8 Å². The van der Waals surface area contributed by atoms with Crippen LogP contribution in [0.1, 0.15) is 18.4 Å². The van der Waals surface area contributed by atoms with Crippen LogP contribution in [0.25, 0.3) is 0 Å². The van der Waals surface area contributed by atoms with E-state index in [1.54, 1.807) is 6.92 Å². The van der Waals surface area contributed by atoms with E-state index < -0.39 is 27.5 Å². The van der Waals surface area contributed by atoms with Crippen molar-refractivity contribution in [2.45, 2.75) is 24.7 Å². The SMILES string of the molecule is Cc1ccc([N+](=O)[O-])cc1NC(=O)COc1ccc(S(=O)(=O)N2CCCC2)cc1Cl. The predicted octanol–water partition coefficient (Wildman–Crippen LogP) is 3.36. The van der Waals surface area contributed by atoms with Crippen molar-refractivity contribution in [3.8, 4) is 5.75 Å². The summed E-state index contributed by atoms with van der Waals surface area (Å²) in [5.74, 6) is -0.383. The molecule has 0 unspecified atom stereocenters. The fourth-order valence-electron chi connectivity index (χ4n) is 3.02. The van der Waals surface area contributed by atoms with Crippen molar-refractivity contribution in [2.75, 3.05) is 25.0 Å². The Morgan fingerprint density at radius 3 is 2.57 bits per heavy atom. The molecular weight excluding hydrogens is 434 g/mol. The van der Waals surface area contributed by atoms with Crippen LogP contribution in [0, 0.1) is 17.0 Å². The van der Waals surface area contributed by atoms with Crippen molar-refractivity contribution in [1.82, 2.24) is 4.31 Å². The van der Waals surface area contributed by atoms with Crippen LogP contribution < -0.4 is 10.1 Å². The molecule has 0 bridgehead atoms. The van der Waals surface area contributed by atoms with Crippen LogP contribution in [0.5, 0.6) is 5.75 Å². The minimum Gasteiger partial charge on any atom is -0.482 e. The van der Waals surface area contributed by atoms with E-state index in [1.165, 1.54) is 40.7 Å². The summed E-state index contributed by atoms with van der Waals surface area (Å²) >= 11 is 6.15. The second kappa shape index (κ2) is 8.99. The van der Waals surface area contributed by atoms with Gasteiger partial charge in [-0.15, -0.1) is 0 Å². The Labute approximate surface area is 178 Å². The Morgan fingerprint density at radius 2 is 1.93 bits per heavy atom. The van der Waals surface area contributed by atoms with E-state index in [2.05, 4.69) is 5.32 Å². The van der Waals surface area contributed by atoms with E-state index >= 15 is 0 Å². The molecule has 11 heteroatoms. The van der Waals surface area contributed by atoms with E-state index in [0.717, 1.165) is 12.8 Å². The summed E-state index contributed by atoms with van der Waals surface area (Å²) in [6, 6.07) is 8.23. The molecule has 1 N–H and O–H groups in total. The van der Waals surface area contributed by atoms with Crippen molar-refractivity contribution in [1.29, 1.82) is 0 Å². The number of carbonyl (C=O) groups excluding carboxylic acids is 1. The second-order valence-corrected chi connectivity index (χ2v) is 9.14. The van der Waals surface area contributed by atoms with E-state index in [1.807, 2.05) is 0 Å². The molecule has 0 spiro atoms. The van der Waals surface area contributed by atoms with Crippen LogP contribution in [0.2, 0.25) is 5.02 Å². The van der Waals surface area contributed by atoms with E-state index in [0.29, 0.717) is 24.3 Å². The Morgan fingerprint density at radius 1 is 1.23 bits per heavy atom. The second-order valence-electron chi connectivity index (χ2n) is 6.80. The van der Waals surface area contributed by atoms with E-state index in [-0.39, 0.29) is 21.4 Å². The van der Waals surface area contributed by atoms with Crippen molar-refractivity contribution in [3.05, 3.63) is 57.1 Å². The lowest BCUT2D eigenvalue weighted by Crippen LogP contribution is -2.27. The number of aryl methyl sites for hydroxylation is 1. The van der Waals surface area contributed by atoms with Gasteiger partial charge in [-0.3, -0.25) is 14.9 Å². The highest BCUT2D eigenvalue weighted by atomic mass is 35.5. The summed E-state index contributed by atoms with van der Waals surface area (Å²) in [4.78, 5) is 22.6. The number of nitrogens with one attached hydrogen (secondary N) is 1. The highest BCUT2D eigenvalue weighted by Gasteiger charge is 2.27. The van der Waals surface area contributed by atoms with Gasteiger partial charge >= 0.3 is 0 Å². The molecule has 1 aliphatic heterocycles. The number of carbonyl (C=O) groups is 1. The van der Waals surface area contributed by atoms with Gasteiger partial charge in [0.15, 0.2) is 6.61 Å². The molecule has 1 saturated heterocycles. The molecular formula is C19H20ClN3O6S. The average Bonchev–Trinajstić information content (AvgIpc) is 3.24. The predicted molar refractivity (Wildman–Crippen MR) is 111 cm³/mol. The van der Waals surface area contributed by atoms with Gasteiger partial charge in [-0.2, -0.15) is 4.31 Å². The Hall–Kier alpha value is -2.69. The smallest absolute Gasteiger partial charge is 0.271 e. The standard InChI is InChI=1S/C19H20ClN3O6S/c1-13-4-5-14(23(25)26)10-17(13)21-19(24)12-29-18-7-6-15(11-16(18)20)30(27,28)22-8-2-3-9-22/h4-7,10-11H,2-3,8-9,12H2,1H3,(H,21,24). The molecule has 1 aliphatic rings. The summed E-state index contributed by atoms with van der Waals surface area (Å²) in [6.45, 7) is 2.27. The van der Waals surface area contributed by atoms with Gasteiger partial charge in [0, 0.05) is 25.2 Å². The third kappa shape index (κ3) is 4.89. The number of hydrogen-bond donors (Lipinski definition) is 1. The number of amides is 1. The van der Waals surface area contributed by atoms with Gasteiger partial charge in [0.2, 0.25) is 10.0 Å². The first-order valence-corrected chi connectivity index (χ1v) is 11.0. The van der Waals surface area contributed by atoms with Gasteiger partial charge in [-0.25, -0.2) is 8.42 Å². The Kier molecular flexibility index (Phi) is 6.59. The quantitative estimate of drug-likeness (QED) is 0.507. The molecule has 1 heterocycles. The number of ether oxygens (including phenoxy) is 1. The monoisotopic (exact) mass is 453 g/mol. The largest absolute Gasteiger partial charge is 0.482 e. The zero-order valence-corrected chi connectivity index (χ0v) is 17.7. The molecule has 3 rings (SSSR count). The molecule has 2 aromatic carbocycles. The van der Waals surface area contributed by atoms with Gasteiger partial charge in [0.25, 0.3) is 11.6 Å². The van der Waals surface area contributed by atoms with Crippen LogP contribution in [0.15, 0.2) is 41.3 Å². The van der Waals surface area contributed by atoms with Gasteiger partial charge in [-0.05, 0) is 43.5 Å². The summed E-state index contributed by atoms with van der Waals surface area (Å²) < 4.78 is 32.0. The van der Waals surface area contributed by atoms with Crippen molar-refractivity contribution in [3.63, 3.8) is 0 Å². The average molecular weight is 454 g/mol. The van der Waals surface area contributed by atoms with Crippen LogP contribution in [0.3, 0.4) is 0 Å². The number of halogens is 1. The lowest BCUT2D eigenvalue weighted by Gasteiger charge is -2.16. The zero-order valence-electron chi connectivity index (χ0n) is 16.1. The molecule has 2 aromatic rings. The number of hydrogen-bond acceptors (Lipinski definition) is 6. The number of non-ortho nitro benzene ring substituents is 1. The first kappa shape index (κ1) is 22.0. The van der Waals surface area contributed by atoms with Gasteiger partial charge < -0.3 is 10.1 Å². The fraction of sp³-hybridized carbons (Fsp3) is 0.316. The molecule has 0 aliphatic carbocycles. The number of nitro benzene ring substituents is 1. The third-order valence-corrected chi connectivity index (χ3v) is 6.86. The lowest BCUT2D eigenvalue weighted by atomic mass is 10.2. The molecule has 0 atom stereocenters. The number of nitrogens with zero attached hydrogens (tertiary/aromatic N) is 2. The minimum absolute atomic E-state index is 0.0644. The topological polar surface area (TPSA) is 119 Å². The third-order valence-electron chi connectivity index (χ3n) is 4.67. The summed E-state index contributed by atoms with van der Waals surface area (Å²) in [7, 11) is -3.61. The molecule has 1 fully saturated rings. The Balaban J connectivity index is 1.65. The maximum atomic E-state index is 12.6. The maximum Gasteiger partial charge on any atom is 0.271 e. The number of sulfonamides is 1. The molecule has 0 aromatic heterocycles. The first-order chi connectivity index (χ1) is 14.2. The number of benzene rings is 2. The van der Waals surface area contributed by atoms with Crippen molar-refractivity contribution < 1.29 is 22.9 Å². The molecule has 0 saturated carbocycles. The van der Waals surface area contributed by atoms with Crippen LogP contribution in [0.4, 0.5) is 11.4 Å². The van der Waals surface area contributed by atoms with Crippen LogP contribution >= 0.6 is 11.6 Å². The zero-order chi connectivity index (χ0) is 21.9. The fourth-order valence-corrected chi connectivity index (χ4v) is 4.87. The van der Waals surface area contributed by atoms with Gasteiger partial charge in [0.05, 0.1) is 20.5 Å². The number of anilines is 1. The van der Waals surface area contributed by atoms with Crippen LogP contribution in [-0.4, -0.2) is 43.2 Å². The minimum atomic E-state index is -3.61. The summed E-state index contributed by atoms with van der Waals surface area (Å²) in [5, 5.41) is 13.5. The summed E-state index contributed by atoms with van der Waals surface area (Å²) in [6.07, 6.45) is 1.65. The maximum absolute atomic E-state index is 12.6. The normalized spacial score (nSPS) is 14.5. The highest BCUT2D eigenvalue weighted by molar-refractivity contribution is 7.89. The molecule has 1 amide bonds. The molecule has 0 radical (unpaired) electrons. The van der Waals surface area contributed by atoms with E-state index in [4.69, 9.17) is 16.3 Å².